The molecular formula is C76H148O17P2. The number of hydrogen-bond acceptors (Lipinski definition) is 15. The summed E-state index contributed by atoms with van der Waals surface area (Å²) in [5, 5.41) is 10.6. The van der Waals surface area contributed by atoms with Gasteiger partial charge in [-0.05, 0) is 37.5 Å². The highest BCUT2D eigenvalue weighted by Gasteiger charge is 2.30. The Hall–Kier alpha value is -1.94. The van der Waals surface area contributed by atoms with E-state index in [2.05, 4.69) is 41.5 Å². The molecule has 0 saturated heterocycles. The second-order valence-electron chi connectivity index (χ2n) is 28.1. The van der Waals surface area contributed by atoms with Gasteiger partial charge >= 0.3 is 39.5 Å². The van der Waals surface area contributed by atoms with Gasteiger partial charge in [0.2, 0.25) is 0 Å². The lowest BCUT2D eigenvalue weighted by atomic mass is 10.00. The van der Waals surface area contributed by atoms with Crippen LogP contribution in [-0.4, -0.2) is 96.7 Å². The average Bonchev–Trinajstić information content (AvgIpc) is 1.44. The molecule has 0 aliphatic rings. The fourth-order valence-corrected chi connectivity index (χ4v) is 13.2. The van der Waals surface area contributed by atoms with E-state index in [1.807, 2.05) is 0 Å². The van der Waals surface area contributed by atoms with Crippen LogP contribution in [0.25, 0.3) is 0 Å². The minimum absolute atomic E-state index is 0.106. The van der Waals surface area contributed by atoms with Gasteiger partial charge in [-0.25, -0.2) is 9.13 Å². The first-order valence-electron chi connectivity index (χ1n) is 39.5. The molecule has 0 aliphatic heterocycles. The van der Waals surface area contributed by atoms with Gasteiger partial charge < -0.3 is 33.8 Å². The first-order chi connectivity index (χ1) is 45.9. The smallest absolute Gasteiger partial charge is 0.462 e. The largest absolute Gasteiger partial charge is 0.472 e. The minimum Gasteiger partial charge on any atom is -0.462 e. The molecule has 0 heterocycles. The van der Waals surface area contributed by atoms with Crippen molar-refractivity contribution in [1.29, 1.82) is 0 Å². The predicted molar refractivity (Wildman–Crippen MR) is 386 cm³/mol. The maximum atomic E-state index is 13.1. The summed E-state index contributed by atoms with van der Waals surface area (Å²) in [6.45, 7) is 9.52. The molecule has 0 aliphatic carbocycles. The van der Waals surface area contributed by atoms with Gasteiger partial charge in [0.1, 0.15) is 19.3 Å². The number of ether oxygens (including phenoxy) is 4. The first-order valence-corrected chi connectivity index (χ1v) is 42.5. The SMILES string of the molecule is CCCCCCCCCCCCCCCCCCCCCCCCC(=O)O[C@H](COC(=O)CCCCCCCCCCCC(C)C)COP(=O)(O)OC[C@@H](O)COP(=O)(O)OC[C@@H](COC(=O)CCCCCCCCC(C)CC)OC(=O)CCCCCCCCCCCCC. The van der Waals surface area contributed by atoms with Crippen LogP contribution in [0.1, 0.15) is 395 Å². The molecule has 564 valence electrons. The molecule has 0 spiro atoms. The number of carbonyl (C=O) groups is 4. The molecule has 0 aromatic carbocycles. The van der Waals surface area contributed by atoms with Crippen molar-refractivity contribution in [1.82, 2.24) is 0 Å². The molecule has 0 aromatic rings. The number of rotatable bonds is 75. The van der Waals surface area contributed by atoms with Crippen molar-refractivity contribution in [2.75, 3.05) is 39.6 Å². The number of phosphoric ester groups is 2. The van der Waals surface area contributed by atoms with Gasteiger partial charge in [0, 0.05) is 25.7 Å². The summed E-state index contributed by atoms with van der Waals surface area (Å²) < 4.78 is 68.4. The normalized spacial score (nSPS) is 14.3. The standard InChI is InChI=1S/C76H148O17P2/c1-7-10-12-14-16-18-20-21-22-23-24-25-26-27-28-29-30-32-36-41-49-55-61-76(81)92-71(64-86-73(78)58-52-46-39-37-33-34-38-44-50-56-68(4)5)66-90-94(82,83)88-62-70(77)63-89-95(84,85)91-67-72(65-87-74(79)59-53-47-43-42-45-51-57-69(6)9-3)93-75(80)60-54-48-40-35-31-19-17-15-13-11-8-2/h68-72,77H,7-67H2,1-6H3,(H,82,83)(H,84,85)/t69?,70-,71-,72-/m1/s1. The Kier molecular flexibility index (Phi) is 66.5. The van der Waals surface area contributed by atoms with Crippen LogP contribution in [0.3, 0.4) is 0 Å². The first kappa shape index (κ1) is 93.1. The Bertz CT molecular complexity index is 1840. The number of unbranched alkanes of at least 4 members (excludes halogenated alkanes) is 44. The third kappa shape index (κ3) is 69.0. The lowest BCUT2D eigenvalue weighted by Gasteiger charge is -2.21. The van der Waals surface area contributed by atoms with Crippen molar-refractivity contribution in [3.63, 3.8) is 0 Å². The van der Waals surface area contributed by atoms with Crippen LogP contribution >= 0.6 is 15.6 Å². The molecule has 0 rings (SSSR count). The topological polar surface area (TPSA) is 237 Å². The van der Waals surface area contributed by atoms with Crippen molar-refractivity contribution in [3.8, 4) is 0 Å². The molecule has 0 aromatic heterocycles. The summed E-state index contributed by atoms with van der Waals surface area (Å²) in [6.07, 6.45) is 55.7. The highest BCUT2D eigenvalue weighted by molar-refractivity contribution is 7.47. The summed E-state index contributed by atoms with van der Waals surface area (Å²) in [5.41, 5.74) is 0. The fraction of sp³-hybridized carbons (Fsp3) is 0.947. The van der Waals surface area contributed by atoms with Gasteiger partial charge in [-0.3, -0.25) is 37.3 Å². The third-order valence-corrected chi connectivity index (χ3v) is 20.0. The fourth-order valence-electron chi connectivity index (χ4n) is 11.6. The molecule has 0 fully saturated rings. The van der Waals surface area contributed by atoms with Crippen LogP contribution in [0.5, 0.6) is 0 Å². The van der Waals surface area contributed by atoms with Gasteiger partial charge in [0.05, 0.1) is 26.4 Å². The van der Waals surface area contributed by atoms with Crippen LogP contribution in [0.4, 0.5) is 0 Å². The van der Waals surface area contributed by atoms with Crippen molar-refractivity contribution in [2.24, 2.45) is 11.8 Å². The quantitative estimate of drug-likeness (QED) is 0.0222. The van der Waals surface area contributed by atoms with Crippen LogP contribution in [0.15, 0.2) is 0 Å². The molecule has 0 radical (unpaired) electrons. The molecule has 95 heavy (non-hydrogen) atoms. The Balaban J connectivity index is 5.17. The monoisotopic (exact) mass is 1400 g/mol. The van der Waals surface area contributed by atoms with E-state index in [9.17, 15) is 43.2 Å². The van der Waals surface area contributed by atoms with E-state index in [1.54, 1.807) is 0 Å². The maximum Gasteiger partial charge on any atom is 0.472 e. The van der Waals surface area contributed by atoms with Crippen LogP contribution in [-0.2, 0) is 65.4 Å². The van der Waals surface area contributed by atoms with Crippen LogP contribution in [0.2, 0.25) is 0 Å². The number of aliphatic hydroxyl groups is 1. The molecule has 3 unspecified atom stereocenters. The maximum absolute atomic E-state index is 13.1. The van der Waals surface area contributed by atoms with E-state index in [-0.39, 0.29) is 25.7 Å². The highest BCUT2D eigenvalue weighted by Crippen LogP contribution is 2.45. The molecule has 6 atom stereocenters. The van der Waals surface area contributed by atoms with Gasteiger partial charge in [0.15, 0.2) is 12.2 Å². The summed E-state index contributed by atoms with van der Waals surface area (Å²) in [4.78, 5) is 72.7. The number of carbonyl (C=O) groups excluding carboxylic acids is 4. The number of hydrogen-bond donors (Lipinski definition) is 3. The number of aliphatic hydroxyl groups excluding tert-OH is 1. The summed E-state index contributed by atoms with van der Waals surface area (Å²) >= 11 is 0. The molecule has 0 amide bonds. The zero-order chi connectivity index (χ0) is 70.0. The molecular weight excluding hydrogens is 1250 g/mol. The predicted octanol–water partition coefficient (Wildman–Crippen LogP) is 22.3. The second kappa shape index (κ2) is 67.9. The van der Waals surface area contributed by atoms with Crippen molar-refractivity contribution < 1.29 is 80.2 Å². The van der Waals surface area contributed by atoms with Gasteiger partial charge in [-0.1, -0.05) is 343 Å². The van der Waals surface area contributed by atoms with E-state index in [0.717, 1.165) is 108 Å². The molecule has 19 heteroatoms. The van der Waals surface area contributed by atoms with Gasteiger partial charge in [-0.2, -0.15) is 0 Å². The third-order valence-electron chi connectivity index (χ3n) is 18.1. The average molecular weight is 1400 g/mol. The molecule has 0 saturated carbocycles. The molecule has 17 nitrogen and oxygen atoms in total. The van der Waals surface area contributed by atoms with Crippen LogP contribution in [0, 0.1) is 11.8 Å². The van der Waals surface area contributed by atoms with E-state index >= 15 is 0 Å². The summed E-state index contributed by atoms with van der Waals surface area (Å²) in [7, 11) is -9.91. The second-order valence-corrected chi connectivity index (χ2v) is 31.0. The Morgan fingerprint density at radius 1 is 0.305 bits per heavy atom. The zero-order valence-corrected chi connectivity index (χ0v) is 63.8. The van der Waals surface area contributed by atoms with Crippen LogP contribution < -0.4 is 0 Å². The Labute approximate surface area is 581 Å². The van der Waals surface area contributed by atoms with E-state index in [0.29, 0.717) is 25.7 Å². The van der Waals surface area contributed by atoms with E-state index in [1.165, 1.54) is 205 Å². The van der Waals surface area contributed by atoms with Crippen molar-refractivity contribution >= 4 is 39.5 Å². The van der Waals surface area contributed by atoms with E-state index in [4.69, 9.17) is 37.0 Å². The summed E-state index contributed by atoms with van der Waals surface area (Å²) in [5.74, 6) is -0.644. The van der Waals surface area contributed by atoms with Crippen molar-refractivity contribution in [3.05, 3.63) is 0 Å². The van der Waals surface area contributed by atoms with E-state index < -0.39 is 97.5 Å². The number of phosphoric acid groups is 2. The zero-order valence-electron chi connectivity index (χ0n) is 62.0. The minimum atomic E-state index is -4.96. The number of esters is 4. The summed E-state index contributed by atoms with van der Waals surface area (Å²) in [6, 6.07) is 0. The Morgan fingerprint density at radius 3 is 0.800 bits per heavy atom. The Morgan fingerprint density at radius 2 is 0.537 bits per heavy atom. The van der Waals surface area contributed by atoms with Crippen molar-refractivity contribution in [2.45, 2.75) is 413 Å². The lowest BCUT2D eigenvalue weighted by molar-refractivity contribution is -0.161. The van der Waals surface area contributed by atoms with Gasteiger partial charge in [-0.15, -0.1) is 0 Å². The highest BCUT2D eigenvalue weighted by atomic mass is 31.2. The molecule has 3 N–H and O–H groups in total. The van der Waals surface area contributed by atoms with Gasteiger partial charge in [0.25, 0.3) is 0 Å². The molecule has 0 bridgehead atoms. The lowest BCUT2D eigenvalue weighted by Crippen LogP contribution is -2.30.